The summed E-state index contributed by atoms with van der Waals surface area (Å²) in [6.07, 6.45) is 8.55. The molecule has 0 N–H and O–H groups in total. The van der Waals surface area contributed by atoms with Crippen LogP contribution in [0, 0.1) is 6.92 Å². The zero-order valence-corrected chi connectivity index (χ0v) is 14.2. The SMILES string of the molecule is Cc1csc([C@H]2CCCN(C(=O)COC3CCCCC3)C2)n1. The molecule has 0 unspecified atom stereocenters. The molecule has 0 bridgehead atoms. The third-order valence-corrected chi connectivity index (χ3v) is 5.88. The van der Waals surface area contributed by atoms with Crippen LogP contribution in [-0.4, -0.2) is 41.6 Å². The van der Waals surface area contributed by atoms with Gasteiger partial charge in [0.1, 0.15) is 6.61 Å². The number of aromatic nitrogens is 1. The number of piperidine rings is 1. The van der Waals surface area contributed by atoms with Crippen molar-refractivity contribution in [3.8, 4) is 0 Å². The molecule has 0 aromatic carbocycles. The summed E-state index contributed by atoms with van der Waals surface area (Å²) in [5.74, 6) is 0.564. The first-order valence-electron chi connectivity index (χ1n) is 8.54. The van der Waals surface area contributed by atoms with Gasteiger partial charge in [0.25, 0.3) is 0 Å². The molecule has 1 saturated carbocycles. The summed E-state index contributed by atoms with van der Waals surface area (Å²) < 4.78 is 5.84. The highest BCUT2D eigenvalue weighted by molar-refractivity contribution is 7.09. The van der Waals surface area contributed by atoms with Crippen LogP contribution in [0.3, 0.4) is 0 Å². The van der Waals surface area contributed by atoms with Crippen LogP contribution in [0.25, 0.3) is 0 Å². The Morgan fingerprint density at radius 1 is 1.32 bits per heavy atom. The third-order valence-electron chi connectivity index (χ3n) is 4.75. The molecule has 1 saturated heterocycles. The summed E-state index contributed by atoms with van der Waals surface area (Å²) in [6.45, 7) is 3.96. The van der Waals surface area contributed by atoms with Crippen LogP contribution in [0.2, 0.25) is 0 Å². The number of rotatable bonds is 4. The van der Waals surface area contributed by atoms with Crippen molar-refractivity contribution in [1.29, 1.82) is 0 Å². The van der Waals surface area contributed by atoms with E-state index in [0.29, 0.717) is 12.0 Å². The zero-order valence-electron chi connectivity index (χ0n) is 13.4. The van der Waals surface area contributed by atoms with E-state index in [0.717, 1.165) is 44.5 Å². The maximum absolute atomic E-state index is 12.4. The number of thiazole rings is 1. The van der Waals surface area contributed by atoms with E-state index in [2.05, 4.69) is 10.4 Å². The molecule has 1 atom stereocenters. The number of likely N-dealkylation sites (tertiary alicyclic amines) is 1. The molecule has 2 heterocycles. The zero-order chi connectivity index (χ0) is 15.4. The third kappa shape index (κ3) is 4.07. The van der Waals surface area contributed by atoms with Crippen LogP contribution < -0.4 is 0 Å². The molecule has 2 fully saturated rings. The fourth-order valence-electron chi connectivity index (χ4n) is 3.48. The van der Waals surface area contributed by atoms with Gasteiger partial charge in [-0.3, -0.25) is 4.79 Å². The fourth-order valence-corrected chi connectivity index (χ4v) is 4.40. The van der Waals surface area contributed by atoms with E-state index in [4.69, 9.17) is 4.74 Å². The van der Waals surface area contributed by atoms with Crippen LogP contribution in [0.15, 0.2) is 5.38 Å². The van der Waals surface area contributed by atoms with Gasteiger partial charge in [0.15, 0.2) is 0 Å². The van der Waals surface area contributed by atoms with E-state index in [1.165, 1.54) is 24.3 Å². The van der Waals surface area contributed by atoms with E-state index >= 15 is 0 Å². The number of ether oxygens (including phenoxy) is 1. The minimum atomic E-state index is 0.156. The molecule has 0 radical (unpaired) electrons. The van der Waals surface area contributed by atoms with E-state index in [1.54, 1.807) is 11.3 Å². The predicted molar refractivity (Wildman–Crippen MR) is 88.2 cm³/mol. The fraction of sp³-hybridized carbons (Fsp3) is 0.765. The lowest BCUT2D eigenvalue weighted by molar-refractivity contribution is -0.140. The molecule has 4 nitrogen and oxygen atoms in total. The van der Waals surface area contributed by atoms with E-state index < -0.39 is 0 Å². The van der Waals surface area contributed by atoms with Crippen LogP contribution in [-0.2, 0) is 9.53 Å². The second-order valence-corrected chi connectivity index (χ2v) is 7.47. The molecule has 122 valence electrons. The first-order chi connectivity index (χ1) is 10.7. The molecule has 2 aliphatic rings. The Morgan fingerprint density at radius 3 is 2.86 bits per heavy atom. The number of carbonyl (C=O) groups is 1. The molecule has 1 aliphatic carbocycles. The van der Waals surface area contributed by atoms with Crippen molar-refractivity contribution in [1.82, 2.24) is 9.88 Å². The summed E-state index contributed by atoms with van der Waals surface area (Å²) in [5.41, 5.74) is 1.09. The molecule has 1 aromatic heterocycles. The average Bonchev–Trinajstić information content (AvgIpc) is 3.00. The number of carbonyl (C=O) groups excluding carboxylic acids is 1. The first kappa shape index (κ1) is 15.9. The average molecular weight is 322 g/mol. The Kier molecular flexibility index (Phi) is 5.47. The molecule has 1 aromatic rings. The molecule has 1 aliphatic heterocycles. The second kappa shape index (κ2) is 7.55. The Balaban J connectivity index is 1.49. The molecule has 3 rings (SSSR count). The van der Waals surface area contributed by atoms with Crippen LogP contribution in [0.1, 0.15) is 61.6 Å². The van der Waals surface area contributed by atoms with Gasteiger partial charge in [0, 0.05) is 30.1 Å². The van der Waals surface area contributed by atoms with E-state index in [1.807, 2.05) is 11.8 Å². The highest BCUT2D eigenvalue weighted by atomic mass is 32.1. The van der Waals surface area contributed by atoms with Crippen LogP contribution in [0.5, 0.6) is 0 Å². The first-order valence-corrected chi connectivity index (χ1v) is 9.42. The summed E-state index contributed by atoms with van der Waals surface area (Å²) in [7, 11) is 0. The minimum Gasteiger partial charge on any atom is -0.368 e. The maximum atomic E-state index is 12.4. The summed E-state index contributed by atoms with van der Waals surface area (Å²) in [4.78, 5) is 19.0. The Morgan fingerprint density at radius 2 is 2.14 bits per heavy atom. The Labute approximate surface area is 136 Å². The quantitative estimate of drug-likeness (QED) is 0.852. The van der Waals surface area contributed by atoms with Crippen LogP contribution in [0.4, 0.5) is 0 Å². The van der Waals surface area contributed by atoms with Gasteiger partial charge in [-0.25, -0.2) is 4.98 Å². The van der Waals surface area contributed by atoms with Crippen molar-refractivity contribution < 1.29 is 9.53 Å². The molecule has 22 heavy (non-hydrogen) atoms. The Bertz CT molecular complexity index is 497. The predicted octanol–water partition coefficient (Wildman–Crippen LogP) is 3.51. The van der Waals surface area contributed by atoms with Crippen molar-refractivity contribution in [3.05, 3.63) is 16.1 Å². The lowest BCUT2D eigenvalue weighted by Gasteiger charge is -2.32. The lowest BCUT2D eigenvalue weighted by atomic mass is 9.97. The monoisotopic (exact) mass is 322 g/mol. The molecular formula is C17H26N2O2S. The number of amides is 1. The topological polar surface area (TPSA) is 42.4 Å². The summed E-state index contributed by atoms with van der Waals surface area (Å²) >= 11 is 1.73. The highest BCUT2D eigenvalue weighted by Crippen LogP contribution is 2.29. The van der Waals surface area contributed by atoms with Crippen molar-refractivity contribution in [2.75, 3.05) is 19.7 Å². The standard InChI is InChI=1S/C17H26N2O2S/c1-13-12-22-17(18-13)14-6-5-9-19(10-14)16(20)11-21-15-7-3-2-4-8-15/h12,14-15H,2-11H2,1H3/t14-/m0/s1. The number of hydrogen-bond donors (Lipinski definition) is 0. The lowest BCUT2D eigenvalue weighted by Crippen LogP contribution is -2.41. The molecule has 0 spiro atoms. The minimum absolute atomic E-state index is 0.156. The van der Waals surface area contributed by atoms with Crippen molar-refractivity contribution >= 4 is 17.2 Å². The van der Waals surface area contributed by atoms with Gasteiger partial charge >= 0.3 is 0 Å². The van der Waals surface area contributed by atoms with Crippen molar-refractivity contribution in [3.63, 3.8) is 0 Å². The second-order valence-electron chi connectivity index (χ2n) is 6.58. The number of hydrogen-bond acceptors (Lipinski definition) is 4. The van der Waals surface area contributed by atoms with Gasteiger partial charge in [0.05, 0.1) is 11.1 Å². The number of aryl methyl sites for hydroxylation is 1. The normalized spacial score (nSPS) is 23.7. The Hall–Kier alpha value is -0.940. The highest BCUT2D eigenvalue weighted by Gasteiger charge is 2.27. The van der Waals surface area contributed by atoms with Gasteiger partial charge in [-0.2, -0.15) is 0 Å². The van der Waals surface area contributed by atoms with Gasteiger partial charge in [-0.15, -0.1) is 11.3 Å². The largest absolute Gasteiger partial charge is 0.368 e. The summed E-state index contributed by atoms with van der Waals surface area (Å²) in [6, 6.07) is 0. The van der Waals surface area contributed by atoms with Crippen molar-refractivity contribution in [2.24, 2.45) is 0 Å². The van der Waals surface area contributed by atoms with Crippen molar-refractivity contribution in [2.45, 2.75) is 63.9 Å². The van der Waals surface area contributed by atoms with Gasteiger partial charge in [0.2, 0.25) is 5.91 Å². The smallest absolute Gasteiger partial charge is 0.248 e. The van der Waals surface area contributed by atoms with Gasteiger partial charge in [-0.05, 0) is 32.6 Å². The molecule has 1 amide bonds. The van der Waals surface area contributed by atoms with Gasteiger partial charge in [-0.1, -0.05) is 19.3 Å². The molecular weight excluding hydrogens is 296 g/mol. The summed E-state index contributed by atoms with van der Waals surface area (Å²) in [5, 5.41) is 3.28. The van der Waals surface area contributed by atoms with Gasteiger partial charge < -0.3 is 9.64 Å². The van der Waals surface area contributed by atoms with E-state index in [-0.39, 0.29) is 12.5 Å². The number of nitrogens with zero attached hydrogens (tertiary/aromatic N) is 2. The maximum Gasteiger partial charge on any atom is 0.248 e. The molecule has 5 heteroatoms. The van der Waals surface area contributed by atoms with E-state index in [9.17, 15) is 4.79 Å². The van der Waals surface area contributed by atoms with Crippen LogP contribution >= 0.6 is 11.3 Å².